The highest BCUT2D eigenvalue weighted by molar-refractivity contribution is 6.37. The van der Waals surface area contributed by atoms with Crippen LogP contribution in [0.1, 0.15) is 46.0 Å². The number of hydrogen-bond acceptors (Lipinski definition) is 5. The molecule has 31 heavy (non-hydrogen) atoms. The number of hydrogen-bond donors (Lipinski definition) is 2. The number of nitrogen functional groups attached to an aromatic ring is 1. The summed E-state index contributed by atoms with van der Waals surface area (Å²) in [6, 6.07) is 4.85. The molecular weight excluding hydrogens is 443 g/mol. The summed E-state index contributed by atoms with van der Waals surface area (Å²) in [5.41, 5.74) is 4.83. The molecule has 1 aromatic carbocycles. The summed E-state index contributed by atoms with van der Waals surface area (Å²) in [6.07, 6.45) is 3.98. The lowest BCUT2D eigenvalue weighted by atomic mass is 10.2. The van der Waals surface area contributed by atoms with Crippen LogP contribution in [0, 0.1) is 0 Å². The van der Waals surface area contributed by atoms with Crippen molar-refractivity contribution in [3.8, 4) is 5.75 Å². The lowest BCUT2D eigenvalue weighted by Crippen LogP contribution is -2.43. The minimum Gasteiger partial charge on any atom is -0.481 e. The second-order valence-electron chi connectivity index (χ2n) is 7.09. The van der Waals surface area contributed by atoms with Crippen LogP contribution in [-0.4, -0.2) is 28.6 Å². The summed E-state index contributed by atoms with van der Waals surface area (Å²) >= 11 is 12.2. The number of aromatic amines is 1. The van der Waals surface area contributed by atoms with Gasteiger partial charge in [0.1, 0.15) is 5.82 Å². The predicted molar refractivity (Wildman–Crippen MR) is 124 cm³/mol. The number of ether oxygens (including phenoxy) is 1. The van der Waals surface area contributed by atoms with Crippen LogP contribution in [0.4, 0.5) is 11.5 Å². The largest absolute Gasteiger partial charge is 0.481 e. The van der Waals surface area contributed by atoms with Crippen LogP contribution >= 0.6 is 23.2 Å². The minimum absolute atomic E-state index is 0.0391. The summed E-state index contributed by atoms with van der Waals surface area (Å²) in [4.78, 5) is 41.5. The molecule has 8 nitrogen and oxygen atoms in total. The van der Waals surface area contributed by atoms with E-state index in [1.165, 1.54) is 9.47 Å². The van der Waals surface area contributed by atoms with Crippen molar-refractivity contribution in [1.82, 2.24) is 9.55 Å². The molecule has 0 saturated heterocycles. The van der Waals surface area contributed by atoms with Gasteiger partial charge >= 0.3 is 5.69 Å². The van der Waals surface area contributed by atoms with Gasteiger partial charge in [0.05, 0.1) is 10.0 Å². The van der Waals surface area contributed by atoms with Crippen molar-refractivity contribution < 1.29 is 9.53 Å². The Morgan fingerprint density at radius 2 is 1.77 bits per heavy atom. The zero-order valence-electron chi connectivity index (χ0n) is 17.7. The molecule has 0 fully saturated rings. The van der Waals surface area contributed by atoms with E-state index in [-0.39, 0.29) is 33.8 Å². The van der Waals surface area contributed by atoms with Crippen molar-refractivity contribution in [2.24, 2.45) is 0 Å². The summed E-state index contributed by atoms with van der Waals surface area (Å²) in [7, 11) is 0. The van der Waals surface area contributed by atoms with Gasteiger partial charge in [-0.15, -0.1) is 0 Å². The van der Waals surface area contributed by atoms with Crippen molar-refractivity contribution >= 4 is 40.6 Å². The number of anilines is 2. The molecule has 0 spiro atoms. The van der Waals surface area contributed by atoms with E-state index in [1.54, 1.807) is 18.2 Å². The van der Waals surface area contributed by atoms with Crippen molar-refractivity contribution in [3.63, 3.8) is 0 Å². The fraction of sp³-hybridized carbons (Fsp3) is 0.476. The van der Waals surface area contributed by atoms with Gasteiger partial charge in [0.25, 0.3) is 11.5 Å². The molecule has 0 atom stereocenters. The number of rotatable bonds is 11. The first-order valence-electron chi connectivity index (χ1n) is 10.3. The van der Waals surface area contributed by atoms with Crippen molar-refractivity contribution in [2.75, 3.05) is 23.8 Å². The number of para-hydroxylation sites is 1. The second kappa shape index (κ2) is 11.8. The number of amides is 1. The third-order valence-electron chi connectivity index (χ3n) is 4.76. The Balaban J connectivity index is 2.38. The average molecular weight is 471 g/mol. The maximum absolute atomic E-state index is 13.1. The van der Waals surface area contributed by atoms with E-state index >= 15 is 0 Å². The number of nitrogens with two attached hydrogens (primary N) is 1. The molecule has 10 heteroatoms. The SMILES string of the molecule is CCCCCN(C(=O)COc1c(Cl)cccc1Cl)c1c(N)n(CCCC)c(=O)[nH]c1=O. The summed E-state index contributed by atoms with van der Waals surface area (Å²) < 4.78 is 6.84. The Morgan fingerprint density at radius 1 is 1.13 bits per heavy atom. The first-order chi connectivity index (χ1) is 14.8. The molecule has 3 N–H and O–H groups in total. The van der Waals surface area contributed by atoms with Gasteiger partial charge in [-0.2, -0.15) is 0 Å². The van der Waals surface area contributed by atoms with Gasteiger partial charge in [-0.05, 0) is 25.0 Å². The number of carbonyl (C=O) groups is 1. The maximum Gasteiger partial charge on any atom is 0.330 e. The van der Waals surface area contributed by atoms with Gasteiger partial charge < -0.3 is 15.4 Å². The number of nitrogens with zero attached hydrogens (tertiary/aromatic N) is 2. The van der Waals surface area contributed by atoms with E-state index in [0.717, 1.165) is 19.3 Å². The van der Waals surface area contributed by atoms with Crippen LogP contribution in [0.25, 0.3) is 0 Å². The number of halogens is 2. The number of aromatic nitrogens is 2. The Labute approximate surface area is 190 Å². The number of benzene rings is 1. The van der Waals surface area contributed by atoms with E-state index in [9.17, 15) is 14.4 Å². The predicted octanol–water partition coefficient (Wildman–Crippen LogP) is 3.83. The standard InChI is InChI=1S/C21H28Cl2N4O4/c1-3-5-7-12-26(16(28)13-31-18-14(22)9-8-10-15(18)23)17-19(24)27(11-6-4-2)21(30)25-20(17)29/h8-10H,3-7,11-13,24H2,1-2H3,(H,25,29,30). The first-order valence-corrected chi connectivity index (χ1v) is 11.1. The quantitative estimate of drug-likeness (QED) is 0.484. The highest BCUT2D eigenvalue weighted by atomic mass is 35.5. The van der Waals surface area contributed by atoms with Gasteiger partial charge in [-0.3, -0.25) is 19.1 Å². The Morgan fingerprint density at radius 3 is 2.39 bits per heavy atom. The average Bonchev–Trinajstić information content (AvgIpc) is 2.72. The van der Waals surface area contributed by atoms with Gasteiger partial charge in [-0.1, -0.05) is 62.4 Å². The molecule has 0 aliphatic rings. The van der Waals surface area contributed by atoms with E-state index in [1.807, 2.05) is 13.8 Å². The number of nitrogens with one attached hydrogen (secondary N) is 1. The number of unbranched alkanes of at least 4 members (excludes halogenated alkanes) is 3. The molecule has 0 unspecified atom stereocenters. The van der Waals surface area contributed by atoms with Crippen LogP contribution in [0.5, 0.6) is 5.75 Å². The fourth-order valence-electron chi connectivity index (χ4n) is 3.09. The Hall–Kier alpha value is -2.45. The van der Waals surface area contributed by atoms with Gasteiger partial charge in [-0.25, -0.2) is 4.79 Å². The lowest BCUT2D eigenvalue weighted by molar-refractivity contribution is -0.120. The molecule has 0 aliphatic heterocycles. The van der Waals surface area contributed by atoms with Gasteiger partial charge in [0.15, 0.2) is 18.0 Å². The first kappa shape index (κ1) is 24.8. The fourth-order valence-corrected chi connectivity index (χ4v) is 3.60. The molecule has 2 aromatic rings. The van der Waals surface area contributed by atoms with E-state index < -0.39 is 23.8 Å². The summed E-state index contributed by atoms with van der Waals surface area (Å²) in [5.74, 6) is -0.352. The smallest absolute Gasteiger partial charge is 0.330 e. The molecule has 170 valence electrons. The zero-order valence-corrected chi connectivity index (χ0v) is 19.3. The zero-order chi connectivity index (χ0) is 23.0. The third-order valence-corrected chi connectivity index (χ3v) is 5.36. The van der Waals surface area contributed by atoms with Crippen LogP contribution in [-0.2, 0) is 11.3 Å². The highest BCUT2D eigenvalue weighted by Gasteiger charge is 2.24. The molecular formula is C21H28Cl2N4O4. The van der Waals surface area contributed by atoms with Crippen molar-refractivity contribution in [3.05, 3.63) is 49.1 Å². The monoisotopic (exact) mass is 470 g/mol. The van der Waals surface area contributed by atoms with Gasteiger partial charge in [0.2, 0.25) is 0 Å². The number of H-pyrrole nitrogens is 1. The normalized spacial score (nSPS) is 10.8. The summed E-state index contributed by atoms with van der Waals surface area (Å²) in [5, 5.41) is 0.534. The Bertz CT molecular complexity index is 999. The van der Waals surface area contributed by atoms with Crippen molar-refractivity contribution in [2.45, 2.75) is 52.5 Å². The molecule has 1 heterocycles. The van der Waals surface area contributed by atoms with E-state index in [2.05, 4.69) is 4.98 Å². The highest BCUT2D eigenvalue weighted by Crippen LogP contribution is 2.32. The van der Waals surface area contributed by atoms with E-state index in [0.29, 0.717) is 19.4 Å². The molecule has 1 aromatic heterocycles. The van der Waals surface area contributed by atoms with E-state index in [4.69, 9.17) is 33.7 Å². The molecule has 0 bridgehead atoms. The third kappa shape index (κ3) is 6.27. The topological polar surface area (TPSA) is 110 Å². The van der Waals surface area contributed by atoms with Crippen LogP contribution in [0.3, 0.4) is 0 Å². The molecule has 0 radical (unpaired) electrons. The summed E-state index contributed by atoms with van der Waals surface area (Å²) in [6.45, 7) is 4.20. The molecule has 0 saturated carbocycles. The van der Waals surface area contributed by atoms with Gasteiger partial charge in [0, 0.05) is 13.1 Å². The molecule has 2 rings (SSSR count). The van der Waals surface area contributed by atoms with Crippen LogP contribution in [0.2, 0.25) is 10.0 Å². The maximum atomic E-state index is 13.1. The molecule has 1 amide bonds. The second-order valence-corrected chi connectivity index (χ2v) is 7.90. The van der Waals surface area contributed by atoms with Crippen molar-refractivity contribution in [1.29, 1.82) is 0 Å². The lowest BCUT2D eigenvalue weighted by Gasteiger charge is -2.24. The minimum atomic E-state index is -0.712. The molecule has 0 aliphatic carbocycles. The van der Waals surface area contributed by atoms with Crippen LogP contribution < -0.4 is 26.6 Å². The number of carbonyl (C=O) groups excluding carboxylic acids is 1. The van der Waals surface area contributed by atoms with Crippen LogP contribution in [0.15, 0.2) is 27.8 Å². The Kier molecular flexibility index (Phi) is 9.45.